The Balaban J connectivity index is 2.33. The van der Waals surface area contributed by atoms with Gasteiger partial charge >= 0.3 is 0 Å². The van der Waals surface area contributed by atoms with E-state index in [0.29, 0.717) is 0 Å². The molecule has 2 aromatic rings. The van der Waals surface area contributed by atoms with Crippen molar-refractivity contribution in [2.45, 2.75) is 12.1 Å². The summed E-state index contributed by atoms with van der Waals surface area (Å²) in [5.74, 6) is 0. The fourth-order valence-corrected chi connectivity index (χ4v) is 3.21. The first-order valence-corrected chi connectivity index (χ1v) is 7.27. The molecule has 0 amide bonds. The fraction of sp³-hybridized carbons (Fsp3) is 0.143. The van der Waals surface area contributed by atoms with Gasteiger partial charge in [-0.3, -0.25) is 0 Å². The summed E-state index contributed by atoms with van der Waals surface area (Å²) in [4.78, 5) is 0. The highest BCUT2D eigenvalue weighted by atomic mass is 79.9. The van der Waals surface area contributed by atoms with E-state index in [0.717, 1.165) is 31.2 Å². The van der Waals surface area contributed by atoms with Crippen LogP contribution in [0.2, 0.25) is 0 Å². The van der Waals surface area contributed by atoms with Crippen LogP contribution in [0.1, 0.15) is 23.2 Å². The van der Waals surface area contributed by atoms with Gasteiger partial charge in [0.15, 0.2) is 0 Å². The van der Waals surface area contributed by atoms with E-state index < -0.39 is 0 Å². The van der Waals surface area contributed by atoms with E-state index >= 15 is 0 Å². The van der Waals surface area contributed by atoms with Gasteiger partial charge in [-0.2, -0.15) is 0 Å². The van der Waals surface area contributed by atoms with Crippen molar-refractivity contribution in [2.75, 3.05) is 0 Å². The number of benzene rings is 2. The Morgan fingerprint density at radius 1 is 0.722 bits per heavy atom. The molecule has 0 heterocycles. The van der Waals surface area contributed by atoms with Crippen molar-refractivity contribution in [2.24, 2.45) is 11.5 Å². The van der Waals surface area contributed by atoms with Crippen LogP contribution in [0.25, 0.3) is 11.1 Å². The minimum Gasteiger partial charge on any atom is -0.322 e. The topological polar surface area (TPSA) is 52.0 Å². The second kappa shape index (κ2) is 4.46. The van der Waals surface area contributed by atoms with Crippen LogP contribution in [-0.2, 0) is 0 Å². The number of halogens is 2. The van der Waals surface area contributed by atoms with Crippen molar-refractivity contribution in [1.29, 1.82) is 0 Å². The minimum absolute atomic E-state index is 0.151. The monoisotopic (exact) mass is 366 g/mol. The zero-order valence-corrected chi connectivity index (χ0v) is 12.7. The van der Waals surface area contributed by atoms with Crippen LogP contribution in [0.4, 0.5) is 0 Å². The molecular formula is C14H12Br2N2. The molecule has 3 rings (SSSR count). The molecule has 0 aliphatic heterocycles. The molecule has 18 heavy (non-hydrogen) atoms. The molecule has 2 atom stereocenters. The quantitative estimate of drug-likeness (QED) is 0.742. The normalized spacial score (nSPS) is 21.3. The summed E-state index contributed by atoms with van der Waals surface area (Å²) in [6.07, 6.45) is 0. The van der Waals surface area contributed by atoms with Crippen LogP contribution < -0.4 is 11.5 Å². The molecule has 2 unspecified atom stereocenters. The van der Waals surface area contributed by atoms with Crippen molar-refractivity contribution in [3.63, 3.8) is 0 Å². The smallest absolute Gasteiger partial charge is 0.0497 e. The summed E-state index contributed by atoms with van der Waals surface area (Å²) in [5, 5.41) is 0. The maximum atomic E-state index is 6.24. The lowest BCUT2D eigenvalue weighted by Gasteiger charge is -2.31. The number of hydrogen-bond acceptors (Lipinski definition) is 2. The number of nitrogens with two attached hydrogens (primary N) is 2. The molecule has 0 saturated heterocycles. The third-order valence-electron chi connectivity index (χ3n) is 3.43. The zero-order valence-electron chi connectivity index (χ0n) is 9.53. The van der Waals surface area contributed by atoms with E-state index in [1.165, 1.54) is 0 Å². The molecule has 4 heteroatoms. The van der Waals surface area contributed by atoms with Gasteiger partial charge in [0.05, 0.1) is 0 Å². The summed E-state index contributed by atoms with van der Waals surface area (Å²) >= 11 is 7.02. The first-order valence-electron chi connectivity index (χ1n) is 5.68. The number of rotatable bonds is 0. The summed E-state index contributed by atoms with van der Waals surface area (Å²) in [6, 6.07) is 12.0. The number of hydrogen-bond donors (Lipinski definition) is 2. The van der Waals surface area contributed by atoms with Gasteiger partial charge in [-0.05, 0) is 46.5 Å². The molecule has 1 aliphatic carbocycles. The first kappa shape index (κ1) is 12.4. The van der Waals surface area contributed by atoms with Crippen molar-refractivity contribution < 1.29 is 0 Å². The van der Waals surface area contributed by atoms with E-state index in [2.05, 4.69) is 44.0 Å². The Hall–Kier alpha value is -0.680. The Labute approximate surface area is 123 Å². The largest absolute Gasteiger partial charge is 0.322 e. The highest BCUT2D eigenvalue weighted by Crippen LogP contribution is 2.44. The van der Waals surface area contributed by atoms with Crippen molar-refractivity contribution in [3.8, 4) is 11.1 Å². The van der Waals surface area contributed by atoms with Crippen molar-refractivity contribution in [1.82, 2.24) is 0 Å². The third kappa shape index (κ3) is 1.84. The van der Waals surface area contributed by atoms with Gasteiger partial charge in [-0.25, -0.2) is 0 Å². The molecular weight excluding hydrogens is 356 g/mol. The first-order chi connectivity index (χ1) is 8.58. The van der Waals surface area contributed by atoms with Crippen molar-refractivity contribution in [3.05, 3.63) is 56.5 Å². The van der Waals surface area contributed by atoms with Gasteiger partial charge in [-0.15, -0.1) is 0 Å². The Kier molecular flexibility index (Phi) is 3.06. The van der Waals surface area contributed by atoms with E-state index in [-0.39, 0.29) is 12.1 Å². The SMILES string of the molecule is NC1c2ccc(Br)cc2-c2cc(Br)ccc2C1N. The van der Waals surface area contributed by atoms with Crippen LogP contribution in [0.5, 0.6) is 0 Å². The molecule has 1 aliphatic rings. The lowest BCUT2D eigenvalue weighted by molar-refractivity contribution is 0.567. The Morgan fingerprint density at radius 3 is 1.50 bits per heavy atom. The third-order valence-corrected chi connectivity index (χ3v) is 4.41. The fourth-order valence-electron chi connectivity index (χ4n) is 2.49. The zero-order chi connectivity index (χ0) is 12.9. The number of fused-ring (bicyclic) bond motifs is 3. The summed E-state index contributed by atoms with van der Waals surface area (Å²) in [7, 11) is 0. The Morgan fingerprint density at radius 2 is 1.11 bits per heavy atom. The molecule has 0 radical (unpaired) electrons. The molecule has 2 aromatic carbocycles. The van der Waals surface area contributed by atoms with E-state index in [1.54, 1.807) is 0 Å². The average molecular weight is 368 g/mol. The van der Waals surface area contributed by atoms with Gasteiger partial charge in [0, 0.05) is 21.0 Å². The van der Waals surface area contributed by atoms with Crippen LogP contribution >= 0.6 is 31.9 Å². The highest BCUT2D eigenvalue weighted by molar-refractivity contribution is 9.10. The van der Waals surface area contributed by atoms with Gasteiger partial charge in [0.25, 0.3) is 0 Å². The Bertz CT molecular complexity index is 570. The highest BCUT2D eigenvalue weighted by Gasteiger charge is 2.28. The van der Waals surface area contributed by atoms with Crippen molar-refractivity contribution >= 4 is 31.9 Å². The van der Waals surface area contributed by atoms with Crippen LogP contribution in [0, 0.1) is 0 Å². The van der Waals surface area contributed by atoms with Crippen LogP contribution in [0.3, 0.4) is 0 Å². The minimum atomic E-state index is -0.151. The molecule has 2 nitrogen and oxygen atoms in total. The second-order valence-electron chi connectivity index (χ2n) is 4.51. The van der Waals surface area contributed by atoms with Gasteiger partial charge in [0.1, 0.15) is 0 Å². The van der Waals surface area contributed by atoms with E-state index in [1.807, 2.05) is 24.3 Å². The molecule has 0 fully saturated rings. The van der Waals surface area contributed by atoms with Gasteiger partial charge < -0.3 is 11.5 Å². The molecule has 92 valence electrons. The maximum Gasteiger partial charge on any atom is 0.0497 e. The summed E-state index contributed by atoms with van der Waals surface area (Å²) < 4.78 is 2.10. The summed E-state index contributed by atoms with van der Waals surface area (Å²) in [5.41, 5.74) is 17.0. The van der Waals surface area contributed by atoms with Crippen LogP contribution in [0.15, 0.2) is 45.3 Å². The lowest BCUT2D eigenvalue weighted by Crippen LogP contribution is -2.30. The second-order valence-corrected chi connectivity index (χ2v) is 6.35. The molecule has 4 N–H and O–H groups in total. The van der Waals surface area contributed by atoms with E-state index in [4.69, 9.17) is 11.5 Å². The molecule has 0 aromatic heterocycles. The molecule has 0 spiro atoms. The molecule has 0 bridgehead atoms. The maximum absolute atomic E-state index is 6.24. The van der Waals surface area contributed by atoms with Gasteiger partial charge in [-0.1, -0.05) is 44.0 Å². The lowest BCUT2D eigenvalue weighted by atomic mass is 9.80. The van der Waals surface area contributed by atoms with Crippen LogP contribution in [-0.4, -0.2) is 0 Å². The predicted octanol–water partition coefficient (Wildman–Crippen LogP) is 3.89. The average Bonchev–Trinajstić information content (AvgIpc) is 2.36. The standard InChI is InChI=1S/C14H12Br2N2/c15-7-1-3-9-11(5-7)12-6-8(16)2-4-10(12)14(18)13(9)17/h1-6,13-14H,17-18H2. The molecule has 0 saturated carbocycles. The van der Waals surface area contributed by atoms with Gasteiger partial charge in [0.2, 0.25) is 0 Å². The van der Waals surface area contributed by atoms with E-state index in [9.17, 15) is 0 Å². The summed E-state index contributed by atoms with van der Waals surface area (Å²) in [6.45, 7) is 0. The predicted molar refractivity (Wildman–Crippen MR) is 81.1 cm³/mol.